The van der Waals surface area contributed by atoms with E-state index >= 15 is 0 Å². The van der Waals surface area contributed by atoms with Gasteiger partial charge in [0.05, 0.1) is 17.9 Å². The van der Waals surface area contributed by atoms with Crippen molar-refractivity contribution in [2.24, 2.45) is 0 Å². The number of rotatable bonds is 4. The highest BCUT2D eigenvalue weighted by Gasteiger charge is 2.15. The van der Waals surface area contributed by atoms with Gasteiger partial charge >= 0.3 is 0 Å². The largest absolute Gasteiger partial charge is 0.329 e. The Bertz CT molecular complexity index is 1020. The molecule has 0 amide bonds. The maximum absolute atomic E-state index is 4.92. The third-order valence-electron chi connectivity index (χ3n) is 4.63. The van der Waals surface area contributed by atoms with Gasteiger partial charge in [0.25, 0.3) is 0 Å². The molecule has 0 aliphatic rings. The van der Waals surface area contributed by atoms with Crippen molar-refractivity contribution in [3.63, 3.8) is 0 Å². The summed E-state index contributed by atoms with van der Waals surface area (Å²) < 4.78 is 4.42. The molecule has 0 atom stereocenters. The molecular weight excluding hydrogens is 308 g/mol. The molecule has 0 N–H and O–H groups in total. The van der Waals surface area contributed by atoms with E-state index in [1.807, 2.05) is 12.4 Å². The normalized spacial score (nSPS) is 11.3. The van der Waals surface area contributed by atoms with Crippen LogP contribution in [0.3, 0.4) is 0 Å². The van der Waals surface area contributed by atoms with Crippen LogP contribution in [0.5, 0.6) is 0 Å². The van der Waals surface area contributed by atoms with Crippen molar-refractivity contribution < 1.29 is 0 Å². The minimum absolute atomic E-state index is 0.761. The molecule has 0 bridgehead atoms. The van der Waals surface area contributed by atoms with Crippen LogP contribution in [-0.2, 0) is 13.0 Å². The Labute approximate surface area is 147 Å². The number of benzene rings is 1. The van der Waals surface area contributed by atoms with Gasteiger partial charge in [-0.2, -0.15) is 0 Å². The van der Waals surface area contributed by atoms with E-state index in [2.05, 4.69) is 77.3 Å². The van der Waals surface area contributed by atoms with Gasteiger partial charge in [0.15, 0.2) is 0 Å². The Balaban J connectivity index is 1.91. The molecular formula is C21H22N4. The smallest absolute Gasteiger partial charge is 0.137 e. The number of nitrogens with zero attached hydrogens (tertiary/aromatic N) is 4. The molecule has 0 spiro atoms. The first-order chi connectivity index (χ1) is 12.2. The molecule has 0 saturated carbocycles. The van der Waals surface area contributed by atoms with Crippen LogP contribution in [0.25, 0.3) is 16.9 Å². The predicted octanol–water partition coefficient (Wildman–Crippen LogP) is 4.43. The highest BCUT2D eigenvalue weighted by Crippen LogP contribution is 2.26. The van der Waals surface area contributed by atoms with Crippen LogP contribution in [0.1, 0.15) is 29.6 Å². The Morgan fingerprint density at radius 3 is 2.48 bits per heavy atom. The molecule has 3 aromatic heterocycles. The summed E-state index contributed by atoms with van der Waals surface area (Å²) in [6.45, 7) is 7.12. The maximum atomic E-state index is 4.92. The number of imidazole rings is 2. The number of hydrogen-bond acceptors (Lipinski definition) is 2. The molecule has 126 valence electrons. The van der Waals surface area contributed by atoms with Crippen molar-refractivity contribution in [2.75, 3.05) is 0 Å². The van der Waals surface area contributed by atoms with Crippen LogP contribution in [0.4, 0.5) is 0 Å². The summed E-state index contributed by atoms with van der Waals surface area (Å²) in [5, 5.41) is 0. The average Bonchev–Trinajstić information content (AvgIpc) is 3.21. The van der Waals surface area contributed by atoms with Crippen LogP contribution >= 0.6 is 0 Å². The van der Waals surface area contributed by atoms with Gasteiger partial charge in [-0.3, -0.25) is 0 Å². The minimum atomic E-state index is 0.761. The van der Waals surface area contributed by atoms with E-state index in [4.69, 9.17) is 4.98 Å². The van der Waals surface area contributed by atoms with Crippen molar-refractivity contribution in [3.05, 3.63) is 77.6 Å². The lowest BCUT2D eigenvalue weighted by Gasteiger charge is -2.10. The molecule has 4 heteroatoms. The second-order valence-corrected chi connectivity index (χ2v) is 6.53. The van der Waals surface area contributed by atoms with Crippen molar-refractivity contribution in [1.29, 1.82) is 0 Å². The Morgan fingerprint density at radius 2 is 1.72 bits per heavy atom. The van der Waals surface area contributed by atoms with Crippen LogP contribution < -0.4 is 0 Å². The third-order valence-corrected chi connectivity index (χ3v) is 4.63. The van der Waals surface area contributed by atoms with Gasteiger partial charge in [-0.05, 0) is 25.5 Å². The van der Waals surface area contributed by atoms with E-state index in [9.17, 15) is 0 Å². The second-order valence-electron chi connectivity index (χ2n) is 6.53. The van der Waals surface area contributed by atoms with Crippen LogP contribution in [0.2, 0.25) is 0 Å². The molecule has 3 heterocycles. The zero-order chi connectivity index (χ0) is 17.4. The van der Waals surface area contributed by atoms with Gasteiger partial charge in [0.1, 0.15) is 11.5 Å². The molecule has 4 aromatic rings. The highest BCUT2D eigenvalue weighted by molar-refractivity contribution is 5.67. The van der Waals surface area contributed by atoms with Crippen molar-refractivity contribution in [2.45, 2.75) is 33.7 Å². The topological polar surface area (TPSA) is 35.1 Å². The van der Waals surface area contributed by atoms with Crippen molar-refractivity contribution in [3.8, 4) is 11.3 Å². The summed E-state index contributed by atoms with van der Waals surface area (Å²) >= 11 is 0. The fourth-order valence-electron chi connectivity index (χ4n) is 3.25. The monoisotopic (exact) mass is 330 g/mol. The van der Waals surface area contributed by atoms with E-state index in [1.54, 1.807) is 0 Å². The fourth-order valence-corrected chi connectivity index (χ4v) is 3.25. The number of aromatic nitrogens is 4. The first kappa shape index (κ1) is 15.6. The molecule has 4 nitrogen and oxygen atoms in total. The lowest BCUT2D eigenvalue weighted by molar-refractivity contribution is 0.712. The lowest BCUT2D eigenvalue weighted by Crippen LogP contribution is -2.07. The Kier molecular flexibility index (Phi) is 3.88. The summed E-state index contributed by atoms with van der Waals surface area (Å²) in [4.78, 5) is 9.38. The highest BCUT2D eigenvalue weighted by atomic mass is 15.1. The van der Waals surface area contributed by atoms with Crippen LogP contribution in [0, 0.1) is 13.8 Å². The van der Waals surface area contributed by atoms with Gasteiger partial charge in [0.2, 0.25) is 0 Å². The Hall–Kier alpha value is -2.88. The summed E-state index contributed by atoms with van der Waals surface area (Å²) in [5.41, 5.74) is 6.85. The zero-order valence-electron chi connectivity index (χ0n) is 14.9. The lowest BCUT2D eigenvalue weighted by atomic mass is 10.1. The average molecular weight is 330 g/mol. The van der Waals surface area contributed by atoms with Gasteiger partial charge in [-0.25, -0.2) is 9.97 Å². The number of hydrogen-bond donors (Lipinski definition) is 0. The number of pyridine rings is 1. The molecule has 0 aliphatic carbocycles. The predicted molar refractivity (Wildman–Crippen MR) is 101 cm³/mol. The first-order valence-electron chi connectivity index (χ1n) is 8.70. The second kappa shape index (κ2) is 6.20. The van der Waals surface area contributed by atoms with Gasteiger partial charge < -0.3 is 8.97 Å². The maximum Gasteiger partial charge on any atom is 0.137 e. The molecule has 0 saturated heterocycles. The van der Waals surface area contributed by atoms with Crippen molar-refractivity contribution >= 4 is 5.65 Å². The zero-order valence-corrected chi connectivity index (χ0v) is 14.9. The summed E-state index contributed by atoms with van der Waals surface area (Å²) in [6.07, 6.45) is 7.01. The SMILES string of the molecule is CCc1nccn1Cc1c(-c2ccc(C)cc2)nc2ccc(C)cn12. The van der Waals surface area contributed by atoms with Crippen LogP contribution in [0.15, 0.2) is 55.0 Å². The van der Waals surface area contributed by atoms with Crippen LogP contribution in [-0.4, -0.2) is 18.9 Å². The first-order valence-corrected chi connectivity index (χ1v) is 8.70. The third kappa shape index (κ3) is 2.84. The van der Waals surface area contributed by atoms with E-state index in [1.165, 1.54) is 16.8 Å². The number of aryl methyl sites for hydroxylation is 3. The van der Waals surface area contributed by atoms with E-state index < -0.39 is 0 Å². The molecule has 4 rings (SSSR count). The van der Waals surface area contributed by atoms with E-state index in [-0.39, 0.29) is 0 Å². The minimum Gasteiger partial charge on any atom is -0.329 e. The van der Waals surface area contributed by atoms with Gasteiger partial charge in [-0.1, -0.05) is 42.8 Å². The molecule has 0 radical (unpaired) electrons. The molecule has 0 unspecified atom stereocenters. The fraction of sp³-hybridized carbons (Fsp3) is 0.238. The number of fused-ring (bicyclic) bond motifs is 1. The van der Waals surface area contributed by atoms with E-state index in [0.29, 0.717) is 0 Å². The summed E-state index contributed by atoms with van der Waals surface area (Å²) in [6, 6.07) is 12.8. The standard InChI is InChI=1S/C21H22N4/c1-4-19-22-11-12-24(19)14-18-21(17-8-5-15(2)6-9-17)23-20-10-7-16(3)13-25(18)20/h5-13H,4,14H2,1-3H3. The van der Waals surface area contributed by atoms with Gasteiger partial charge in [-0.15, -0.1) is 0 Å². The van der Waals surface area contributed by atoms with Crippen molar-refractivity contribution in [1.82, 2.24) is 18.9 Å². The van der Waals surface area contributed by atoms with E-state index in [0.717, 1.165) is 35.7 Å². The summed E-state index contributed by atoms with van der Waals surface area (Å²) in [5.74, 6) is 1.09. The molecule has 1 aromatic carbocycles. The quantitative estimate of drug-likeness (QED) is 0.555. The molecule has 0 fully saturated rings. The van der Waals surface area contributed by atoms with Gasteiger partial charge in [0, 0.05) is 30.6 Å². The Morgan fingerprint density at radius 1 is 0.960 bits per heavy atom. The summed E-state index contributed by atoms with van der Waals surface area (Å²) in [7, 11) is 0. The molecule has 0 aliphatic heterocycles. The molecule has 25 heavy (non-hydrogen) atoms.